The van der Waals surface area contributed by atoms with E-state index in [9.17, 15) is 4.79 Å². The van der Waals surface area contributed by atoms with Crippen molar-refractivity contribution >= 4 is 17.7 Å². The molecular weight excluding hydrogens is 230 g/mol. The van der Waals surface area contributed by atoms with Gasteiger partial charge in [0.1, 0.15) is 11.5 Å². The van der Waals surface area contributed by atoms with Gasteiger partial charge in [0.2, 0.25) is 0 Å². The molecule has 2 heterocycles. The summed E-state index contributed by atoms with van der Waals surface area (Å²) in [5.41, 5.74) is 5.48. The van der Waals surface area contributed by atoms with Crippen molar-refractivity contribution in [3.8, 4) is 0 Å². The maximum atomic E-state index is 11.6. The molecule has 0 aromatic heterocycles. The lowest BCUT2D eigenvalue weighted by atomic mass is 10.2. The Labute approximate surface area is 98.3 Å². The first-order chi connectivity index (χ1) is 7.65. The van der Waals surface area contributed by atoms with E-state index in [-0.39, 0.29) is 5.44 Å². The number of ether oxygens (including phenoxy) is 3. The highest BCUT2D eigenvalue weighted by atomic mass is 32.2. The molecule has 0 saturated carbocycles. The van der Waals surface area contributed by atoms with Crippen LogP contribution in [0.25, 0.3) is 0 Å². The Morgan fingerprint density at radius 1 is 1.62 bits per heavy atom. The predicted octanol–water partition coefficient (Wildman–Crippen LogP) is 0.597. The molecule has 2 rings (SSSR count). The molecule has 0 amide bonds. The maximum Gasteiger partial charge on any atom is 0.352 e. The molecule has 3 unspecified atom stereocenters. The molecule has 0 radical (unpaired) electrons. The van der Waals surface area contributed by atoms with Gasteiger partial charge in [-0.15, -0.1) is 11.8 Å². The SMILES string of the molecule is CSC1CC(N)C(=O)OC2(C=CCCO2)O1. The molecule has 16 heavy (non-hydrogen) atoms. The zero-order valence-corrected chi connectivity index (χ0v) is 9.87. The maximum absolute atomic E-state index is 11.6. The highest BCUT2D eigenvalue weighted by Gasteiger charge is 2.43. The van der Waals surface area contributed by atoms with Gasteiger partial charge in [-0.25, -0.2) is 0 Å². The largest absolute Gasteiger partial charge is 0.403 e. The molecule has 1 saturated heterocycles. The van der Waals surface area contributed by atoms with Crippen LogP contribution in [0.3, 0.4) is 0 Å². The van der Waals surface area contributed by atoms with Crippen LogP contribution in [0.4, 0.5) is 0 Å². The number of rotatable bonds is 1. The monoisotopic (exact) mass is 245 g/mol. The molecule has 0 aromatic rings. The predicted molar refractivity (Wildman–Crippen MR) is 59.5 cm³/mol. The highest BCUT2D eigenvalue weighted by molar-refractivity contribution is 7.99. The standard InChI is InChI=1S/C10H15NO4S/c1-16-8-6-7(11)9(12)15-10(14-8)4-2-3-5-13-10/h2,4,7-8H,3,5-6,11H2,1H3. The lowest BCUT2D eigenvalue weighted by Crippen LogP contribution is -2.42. The first-order valence-electron chi connectivity index (χ1n) is 5.16. The fraction of sp³-hybridized carbons (Fsp3) is 0.700. The quantitative estimate of drug-likeness (QED) is 0.539. The minimum absolute atomic E-state index is 0.204. The number of nitrogens with two attached hydrogens (primary N) is 1. The van der Waals surface area contributed by atoms with Gasteiger partial charge in [-0.2, -0.15) is 0 Å². The van der Waals surface area contributed by atoms with Gasteiger partial charge < -0.3 is 15.2 Å². The van der Waals surface area contributed by atoms with Gasteiger partial charge in [-0.05, 0) is 12.7 Å². The van der Waals surface area contributed by atoms with Gasteiger partial charge in [0.05, 0.1) is 6.61 Å². The van der Waals surface area contributed by atoms with Gasteiger partial charge in [0, 0.05) is 12.5 Å². The molecular formula is C10H15NO4S. The fourth-order valence-corrected chi connectivity index (χ4v) is 2.23. The average Bonchev–Trinajstić information content (AvgIpc) is 2.39. The van der Waals surface area contributed by atoms with Crippen molar-refractivity contribution in [2.45, 2.75) is 30.3 Å². The van der Waals surface area contributed by atoms with Crippen LogP contribution in [-0.4, -0.2) is 36.3 Å². The lowest BCUT2D eigenvalue weighted by molar-refractivity contribution is -0.334. The molecule has 0 aliphatic carbocycles. The van der Waals surface area contributed by atoms with E-state index in [1.165, 1.54) is 11.8 Å². The number of hydrogen-bond donors (Lipinski definition) is 1. The number of thioether (sulfide) groups is 1. The summed E-state index contributed by atoms with van der Waals surface area (Å²) >= 11 is 1.48. The Morgan fingerprint density at radius 3 is 3.06 bits per heavy atom. The molecule has 2 aliphatic heterocycles. The minimum atomic E-state index is -1.36. The summed E-state index contributed by atoms with van der Waals surface area (Å²) in [5.74, 6) is -1.85. The molecule has 1 fully saturated rings. The lowest BCUT2D eigenvalue weighted by Gasteiger charge is -2.32. The van der Waals surface area contributed by atoms with Gasteiger partial charge in [-0.1, -0.05) is 6.08 Å². The third kappa shape index (κ3) is 2.40. The van der Waals surface area contributed by atoms with E-state index in [2.05, 4.69) is 0 Å². The van der Waals surface area contributed by atoms with Crippen LogP contribution in [0.5, 0.6) is 0 Å². The van der Waals surface area contributed by atoms with Crippen LogP contribution in [0.1, 0.15) is 12.8 Å². The second kappa shape index (κ2) is 4.75. The van der Waals surface area contributed by atoms with E-state index in [1.54, 1.807) is 6.08 Å². The summed E-state index contributed by atoms with van der Waals surface area (Å²) in [6.45, 7) is 0.472. The first kappa shape index (κ1) is 11.9. The van der Waals surface area contributed by atoms with Crippen molar-refractivity contribution in [2.24, 2.45) is 5.73 Å². The molecule has 5 nitrogen and oxygen atoms in total. The van der Waals surface area contributed by atoms with Gasteiger partial charge in [-0.3, -0.25) is 9.53 Å². The van der Waals surface area contributed by atoms with Crippen molar-refractivity contribution < 1.29 is 19.0 Å². The van der Waals surface area contributed by atoms with Crippen LogP contribution in [0.15, 0.2) is 12.2 Å². The topological polar surface area (TPSA) is 70.8 Å². The minimum Gasteiger partial charge on any atom is -0.403 e. The van der Waals surface area contributed by atoms with Gasteiger partial charge in [0.25, 0.3) is 0 Å². The van der Waals surface area contributed by atoms with Crippen LogP contribution in [-0.2, 0) is 19.0 Å². The van der Waals surface area contributed by atoms with Crippen LogP contribution in [0, 0.1) is 0 Å². The molecule has 1 spiro atoms. The normalized spacial score (nSPS) is 39.5. The Morgan fingerprint density at radius 2 is 2.44 bits per heavy atom. The van der Waals surface area contributed by atoms with Crippen LogP contribution < -0.4 is 5.73 Å². The number of hydrogen-bond acceptors (Lipinski definition) is 6. The number of esters is 1. The van der Waals surface area contributed by atoms with E-state index >= 15 is 0 Å². The summed E-state index contributed by atoms with van der Waals surface area (Å²) in [4.78, 5) is 11.6. The van der Waals surface area contributed by atoms with E-state index in [4.69, 9.17) is 19.9 Å². The summed E-state index contributed by atoms with van der Waals surface area (Å²) < 4.78 is 16.3. The Kier molecular flexibility index (Phi) is 3.53. The fourth-order valence-electron chi connectivity index (χ4n) is 1.60. The number of carbonyl (C=O) groups excluding carboxylic acids is 1. The smallest absolute Gasteiger partial charge is 0.352 e. The van der Waals surface area contributed by atoms with Crippen molar-refractivity contribution in [1.82, 2.24) is 0 Å². The molecule has 0 bridgehead atoms. The van der Waals surface area contributed by atoms with Crippen molar-refractivity contribution in [3.05, 3.63) is 12.2 Å². The van der Waals surface area contributed by atoms with E-state index in [0.717, 1.165) is 6.42 Å². The van der Waals surface area contributed by atoms with Crippen molar-refractivity contribution in [3.63, 3.8) is 0 Å². The highest BCUT2D eigenvalue weighted by Crippen LogP contribution is 2.31. The summed E-state index contributed by atoms with van der Waals surface area (Å²) in [6, 6.07) is -0.657. The summed E-state index contributed by atoms with van der Waals surface area (Å²) in [6.07, 6.45) is 6.63. The second-order valence-corrected chi connectivity index (χ2v) is 4.69. The van der Waals surface area contributed by atoms with Gasteiger partial charge >= 0.3 is 11.9 Å². The first-order valence-corrected chi connectivity index (χ1v) is 6.45. The van der Waals surface area contributed by atoms with Crippen LogP contribution in [0.2, 0.25) is 0 Å². The zero-order chi connectivity index (χ0) is 11.6. The second-order valence-electron chi connectivity index (χ2n) is 3.69. The Balaban J connectivity index is 2.21. The van der Waals surface area contributed by atoms with Crippen molar-refractivity contribution in [1.29, 1.82) is 0 Å². The van der Waals surface area contributed by atoms with E-state index in [0.29, 0.717) is 13.0 Å². The van der Waals surface area contributed by atoms with E-state index < -0.39 is 18.0 Å². The zero-order valence-electron chi connectivity index (χ0n) is 9.05. The van der Waals surface area contributed by atoms with Crippen molar-refractivity contribution in [2.75, 3.05) is 12.9 Å². The summed E-state index contributed by atoms with van der Waals surface area (Å²) in [7, 11) is 0. The van der Waals surface area contributed by atoms with E-state index in [1.807, 2.05) is 12.3 Å². The average molecular weight is 245 g/mol. The Hall–Kier alpha value is -0.560. The molecule has 3 atom stereocenters. The number of carbonyl (C=O) groups is 1. The van der Waals surface area contributed by atoms with Gasteiger partial charge in [0.15, 0.2) is 0 Å². The Bertz CT molecular complexity index is 309. The molecule has 2 aliphatic rings. The molecule has 6 heteroatoms. The third-order valence-corrected chi connectivity index (χ3v) is 3.27. The molecule has 2 N–H and O–H groups in total. The molecule has 0 aromatic carbocycles. The molecule has 90 valence electrons. The van der Waals surface area contributed by atoms with Crippen LogP contribution >= 0.6 is 11.8 Å². The summed E-state index contributed by atoms with van der Waals surface area (Å²) in [5, 5.41) is 0. The third-order valence-electron chi connectivity index (χ3n) is 2.46.